The number of halogens is 3. The number of nitrogens with one attached hydrogen (secondary N) is 1. The number of hydrogen-bond acceptors (Lipinski definition) is 5. The molecule has 0 radical (unpaired) electrons. The van der Waals surface area contributed by atoms with Crippen molar-refractivity contribution < 1.29 is 27.4 Å². The van der Waals surface area contributed by atoms with Crippen molar-refractivity contribution in [1.82, 2.24) is 4.98 Å². The molecule has 0 bridgehead atoms. The molecule has 1 aromatic carbocycles. The summed E-state index contributed by atoms with van der Waals surface area (Å²) in [5.41, 5.74) is 6.00. The molecule has 0 aliphatic heterocycles. The number of alkyl halides is 2. The predicted molar refractivity (Wildman–Crippen MR) is 103 cm³/mol. The summed E-state index contributed by atoms with van der Waals surface area (Å²) < 4.78 is 48.8. The van der Waals surface area contributed by atoms with Crippen LogP contribution in [-0.2, 0) is 4.74 Å². The number of anilines is 1. The number of ether oxygens (including phenoxy) is 2. The fraction of sp³-hybridized carbons (Fsp3) is 0.250. The normalized spacial score (nSPS) is 17.9. The van der Waals surface area contributed by atoms with Crippen LogP contribution < -0.4 is 15.8 Å². The van der Waals surface area contributed by atoms with Gasteiger partial charge >= 0.3 is 6.55 Å². The molecule has 0 spiro atoms. The monoisotopic (exact) mass is 418 g/mol. The molecule has 3 N–H and O–H groups in total. The van der Waals surface area contributed by atoms with E-state index in [0.717, 1.165) is 0 Å². The number of terminal acetylenes is 1. The second-order valence-electron chi connectivity index (χ2n) is 6.31. The molecule has 0 unspecified atom stereocenters. The molecular weight excluding hydrogens is 401 g/mol. The van der Waals surface area contributed by atoms with Gasteiger partial charge in [0.1, 0.15) is 30.0 Å². The van der Waals surface area contributed by atoms with Gasteiger partial charge in [-0.1, -0.05) is 5.92 Å². The van der Waals surface area contributed by atoms with E-state index in [1.807, 2.05) is 0 Å². The molecule has 2 atom stereocenters. The number of nitrogens with zero attached hydrogens (tertiary/aromatic N) is 2. The van der Waals surface area contributed by atoms with Crippen molar-refractivity contribution in [2.75, 3.05) is 11.9 Å². The lowest BCUT2D eigenvalue weighted by Gasteiger charge is -2.09. The van der Waals surface area contributed by atoms with E-state index < -0.39 is 30.4 Å². The first-order valence-electron chi connectivity index (χ1n) is 8.78. The summed E-state index contributed by atoms with van der Waals surface area (Å²) in [6.45, 7) is -2.90. The minimum absolute atomic E-state index is 0.0805. The lowest BCUT2D eigenvalue weighted by molar-refractivity contribution is 0.102. The SMILES string of the molecule is C#CCOc1ccc(C(=O)Nc2ccc(F)c([C@H]3C[C@H]3O/C(N)=N\C(F)F)c2)nc1. The minimum atomic E-state index is -2.98. The van der Waals surface area contributed by atoms with Gasteiger partial charge in [0.2, 0.25) is 0 Å². The molecule has 30 heavy (non-hydrogen) atoms. The van der Waals surface area contributed by atoms with Crippen molar-refractivity contribution in [2.45, 2.75) is 25.0 Å². The number of aliphatic imine (C=N–C) groups is 1. The minimum Gasteiger partial charge on any atom is -0.479 e. The maximum Gasteiger partial charge on any atom is 0.336 e. The van der Waals surface area contributed by atoms with Crippen molar-refractivity contribution in [3.63, 3.8) is 0 Å². The summed E-state index contributed by atoms with van der Waals surface area (Å²) in [6.07, 6.45) is 6.28. The fourth-order valence-electron chi connectivity index (χ4n) is 2.74. The van der Waals surface area contributed by atoms with E-state index in [1.54, 1.807) is 6.07 Å². The highest BCUT2D eigenvalue weighted by Crippen LogP contribution is 2.45. The summed E-state index contributed by atoms with van der Waals surface area (Å²) >= 11 is 0. The van der Waals surface area contributed by atoms with E-state index >= 15 is 0 Å². The summed E-state index contributed by atoms with van der Waals surface area (Å²) in [4.78, 5) is 19.1. The number of carbonyl (C=O) groups is 1. The number of carbonyl (C=O) groups excluding carboxylic acids is 1. The van der Waals surface area contributed by atoms with Crippen LogP contribution in [0.2, 0.25) is 0 Å². The average molecular weight is 418 g/mol. The van der Waals surface area contributed by atoms with Gasteiger partial charge in [-0.25, -0.2) is 9.37 Å². The molecule has 1 heterocycles. The first-order valence-corrected chi connectivity index (χ1v) is 8.78. The Bertz CT molecular complexity index is 990. The standard InChI is InChI=1S/C20H17F3N4O3/c1-2-7-29-12-4-6-16(25-10-12)18(28)26-11-3-5-15(21)13(8-11)14-9-17(14)30-20(24)27-19(22)23/h1,3-6,8,10,14,17,19H,7,9H2,(H2,24,27)(H,26,28)/t14-,17-/m1/s1. The van der Waals surface area contributed by atoms with E-state index in [9.17, 15) is 18.0 Å². The Morgan fingerprint density at radius 1 is 1.40 bits per heavy atom. The number of pyridine rings is 1. The predicted octanol–water partition coefficient (Wildman–Crippen LogP) is 2.89. The summed E-state index contributed by atoms with van der Waals surface area (Å²) in [6, 6.07) is 6.40. The molecule has 1 aromatic heterocycles. The molecule has 156 valence electrons. The molecule has 10 heteroatoms. The second kappa shape index (κ2) is 9.17. The third-order valence-electron chi connectivity index (χ3n) is 4.17. The third-order valence-corrected chi connectivity index (χ3v) is 4.17. The maximum absolute atomic E-state index is 14.2. The molecule has 1 saturated carbocycles. The van der Waals surface area contributed by atoms with Gasteiger partial charge in [0.05, 0.1) is 6.20 Å². The fourth-order valence-corrected chi connectivity index (χ4v) is 2.74. The third kappa shape index (κ3) is 5.41. The number of benzene rings is 1. The summed E-state index contributed by atoms with van der Waals surface area (Å²) in [7, 11) is 0. The number of nitrogens with two attached hydrogens (primary N) is 1. The smallest absolute Gasteiger partial charge is 0.336 e. The van der Waals surface area contributed by atoms with Crippen molar-refractivity contribution in [1.29, 1.82) is 0 Å². The highest BCUT2D eigenvalue weighted by molar-refractivity contribution is 6.02. The lowest BCUT2D eigenvalue weighted by atomic mass is 10.1. The Balaban J connectivity index is 1.64. The molecular formula is C20H17F3N4O3. The van der Waals surface area contributed by atoms with E-state index in [0.29, 0.717) is 17.9 Å². The van der Waals surface area contributed by atoms with Gasteiger partial charge in [0.15, 0.2) is 0 Å². The zero-order chi connectivity index (χ0) is 21.7. The van der Waals surface area contributed by atoms with Crippen molar-refractivity contribution in [3.8, 4) is 18.1 Å². The number of amidine groups is 1. The van der Waals surface area contributed by atoms with Crippen LogP contribution in [0.4, 0.5) is 18.9 Å². The van der Waals surface area contributed by atoms with E-state index in [-0.39, 0.29) is 23.8 Å². The average Bonchev–Trinajstić information content (AvgIpc) is 3.46. The first kappa shape index (κ1) is 21.0. The summed E-state index contributed by atoms with van der Waals surface area (Å²) in [5.74, 6) is 1.33. The van der Waals surface area contributed by atoms with Gasteiger partial charge in [0, 0.05) is 11.6 Å². The summed E-state index contributed by atoms with van der Waals surface area (Å²) in [5, 5.41) is 2.62. The molecule has 3 rings (SSSR count). The second-order valence-corrected chi connectivity index (χ2v) is 6.31. The molecule has 2 aromatic rings. The van der Waals surface area contributed by atoms with Crippen LogP contribution in [-0.4, -0.2) is 36.2 Å². The largest absolute Gasteiger partial charge is 0.479 e. The number of rotatable bonds is 7. The highest BCUT2D eigenvalue weighted by Gasteiger charge is 2.43. The maximum atomic E-state index is 14.2. The van der Waals surface area contributed by atoms with Gasteiger partial charge in [-0.05, 0) is 42.3 Å². The van der Waals surface area contributed by atoms with E-state index in [4.69, 9.17) is 21.6 Å². The van der Waals surface area contributed by atoms with Gasteiger partial charge in [-0.15, -0.1) is 6.42 Å². The number of amides is 1. The Hall–Kier alpha value is -3.74. The van der Waals surface area contributed by atoms with Gasteiger partial charge in [-0.3, -0.25) is 4.79 Å². The quantitative estimate of drug-likeness (QED) is 0.312. The molecule has 1 aliphatic carbocycles. The Kier molecular flexibility index (Phi) is 6.41. The zero-order valence-corrected chi connectivity index (χ0v) is 15.5. The van der Waals surface area contributed by atoms with Crippen LogP contribution in [0.5, 0.6) is 5.75 Å². The van der Waals surface area contributed by atoms with Crippen LogP contribution in [0, 0.1) is 18.2 Å². The Morgan fingerprint density at radius 3 is 2.87 bits per heavy atom. The zero-order valence-electron chi connectivity index (χ0n) is 15.5. The molecule has 1 amide bonds. The van der Waals surface area contributed by atoms with Crippen LogP contribution in [0.1, 0.15) is 28.4 Å². The molecule has 7 nitrogen and oxygen atoms in total. The van der Waals surface area contributed by atoms with E-state index in [2.05, 4.69) is 21.2 Å². The van der Waals surface area contributed by atoms with Crippen LogP contribution >= 0.6 is 0 Å². The number of aromatic nitrogens is 1. The van der Waals surface area contributed by atoms with Gasteiger partial charge < -0.3 is 20.5 Å². The van der Waals surface area contributed by atoms with Crippen LogP contribution in [0.25, 0.3) is 0 Å². The molecule has 0 saturated heterocycles. The Labute approximate surface area is 170 Å². The number of hydrogen-bond donors (Lipinski definition) is 2. The van der Waals surface area contributed by atoms with Gasteiger partial charge in [-0.2, -0.15) is 13.8 Å². The van der Waals surface area contributed by atoms with Crippen molar-refractivity contribution in [2.24, 2.45) is 10.7 Å². The van der Waals surface area contributed by atoms with Crippen molar-refractivity contribution >= 4 is 17.6 Å². The van der Waals surface area contributed by atoms with E-state index in [1.165, 1.54) is 30.5 Å². The topological polar surface area (TPSA) is 98.8 Å². The van der Waals surface area contributed by atoms with Crippen molar-refractivity contribution in [3.05, 3.63) is 53.6 Å². The first-order chi connectivity index (χ1) is 14.4. The van der Waals surface area contributed by atoms with Gasteiger partial charge in [0.25, 0.3) is 11.9 Å². The Morgan fingerprint density at radius 2 is 2.20 bits per heavy atom. The highest BCUT2D eigenvalue weighted by atomic mass is 19.3. The van der Waals surface area contributed by atoms with Crippen LogP contribution in [0.15, 0.2) is 41.5 Å². The molecule has 1 aliphatic rings. The molecule has 1 fully saturated rings. The van der Waals surface area contributed by atoms with Crippen LogP contribution in [0.3, 0.4) is 0 Å². The lowest BCUT2D eigenvalue weighted by Crippen LogP contribution is -2.19.